The minimum Gasteiger partial charge on any atom is -0.326 e. The van der Waals surface area contributed by atoms with Gasteiger partial charge in [0.1, 0.15) is 5.82 Å². The molecule has 0 heterocycles. The van der Waals surface area contributed by atoms with Gasteiger partial charge in [-0.2, -0.15) is 13.2 Å². The number of amides is 1. The molecule has 0 bridgehead atoms. The van der Waals surface area contributed by atoms with Gasteiger partial charge >= 0.3 is 6.18 Å². The monoisotopic (exact) mass is 311 g/mol. The Balaban J connectivity index is 2.01. The van der Waals surface area contributed by atoms with Crippen LogP contribution in [0.2, 0.25) is 0 Å². The lowest BCUT2D eigenvalue weighted by Crippen LogP contribution is -2.14. The van der Waals surface area contributed by atoms with Gasteiger partial charge in [0.05, 0.1) is 12.0 Å². The van der Waals surface area contributed by atoms with E-state index >= 15 is 0 Å². The summed E-state index contributed by atoms with van der Waals surface area (Å²) in [5.41, 5.74) is 0.441. The van der Waals surface area contributed by atoms with Gasteiger partial charge in [-0.05, 0) is 42.3 Å². The van der Waals surface area contributed by atoms with E-state index in [2.05, 4.69) is 5.32 Å². The number of benzene rings is 2. The number of carbonyl (C=O) groups excluding carboxylic acids is 1. The first-order chi connectivity index (χ1) is 10.3. The van der Waals surface area contributed by atoms with E-state index in [1.165, 1.54) is 24.3 Å². The second-order valence-corrected chi connectivity index (χ2v) is 4.88. The van der Waals surface area contributed by atoms with E-state index in [1.54, 1.807) is 13.0 Å². The van der Waals surface area contributed by atoms with E-state index in [-0.39, 0.29) is 6.42 Å². The Labute approximate surface area is 124 Å². The zero-order chi connectivity index (χ0) is 16.3. The van der Waals surface area contributed by atoms with Crippen LogP contribution in [0, 0.1) is 12.7 Å². The van der Waals surface area contributed by atoms with Crippen molar-refractivity contribution in [3.05, 3.63) is 65.0 Å². The minimum absolute atomic E-state index is 0.0897. The zero-order valence-electron chi connectivity index (χ0n) is 11.7. The first-order valence-electron chi connectivity index (χ1n) is 6.48. The number of alkyl halides is 3. The van der Waals surface area contributed by atoms with Crippen molar-refractivity contribution in [2.45, 2.75) is 19.5 Å². The van der Waals surface area contributed by atoms with Crippen LogP contribution in [0.1, 0.15) is 16.7 Å². The first-order valence-corrected chi connectivity index (χ1v) is 6.48. The fourth-order valence-electron chi connectivity index (χ4n) is 1.87. The third-order valence-electron chi connectivity index (χ3n) is 3.10. The fraction of sp³-hybridized carbons (Fsp3) is 0.188. The molecule has 0 aromatic heterocycles. The standard InChI is InChI=1S/C16H13F4NO/c1-10-2-7-13(9-14(10)17)21-15(22)8-11-3-5-12(6-4-11)16(18,19)20/h2-7,9H,8H2,1H3,(H,21,22). The van der Waals surface area contributed by atoms with Crippen LogP contribution in [0.25, 0.3) is 0 Å². The fourth-order valence-corrected chi connectivity index (χ4v) is 1.87. The van der Waals surface area contributed by atoms with Crippen molar-refractivity contribution in [3.8, 4) is 0 Å². The number of hydrogen-bond donors (Lipinski definition) is 1. The number of halogens is 4. The molecule has 0 aliphatic rings. The number of hydrogen-bond acceptors (Lipinski definition) is 1. The maximum absolute atomic E-state index is 13.4. The highest BCUT2D eigenvalue weighted by Gasteiger charge is 2.29. The Hall–Kier alpha value is -2.37. The molecule has 2 aromatic rings. The lowest BCUT2D eigenvalue weighted by molar-refractivity contribution is -0.137. The molecule has 0 atom stereocenters. The molecule has 116 valence electrons. The molecular formula is C16H13F4NO. The van der Waals surface area contributed by atoms with E-state index in [4.69, 9.17) is 0 Å². The van der Waals surface area contributed by atoms with Crippen LogP contribution in [0.5, 0.6) is 0 Å². The van der Waals surface area contributed by atoms with Gasteiger partial charge in [0.15, 0.2) is 0 Å². The van der Waals surface area contributed by atoms with E-state index in [0.717, 1.165) is 12.1 Å². The van der Waals surface area contributed by atoms with Gasteiger partial charge in [-0.3, -0.25) is 4.79 Å². The van der Waals surface area contributed by atoms with Gasteiger partial charge in [-0.1, -0.05) is 18.2 Å². The normalized spacial score (nSPS) is 11.3. The van der Waals surface area contributed by atoms with Crippen LogP contribution in [0.15, 0.2) is 42.5 Å². The summed E-state index contributed by atoms with van der Waals surface area (Å²) in [7, 11) is 0. The maximum Gasteiger partial charge on any atom is 0.416 e. The summed E-state index contributed by atoms with van der Waals surface area (Å²) in [5.74, 6) is -0.865. The molecule has 0 unspecified atom stereocenters. The van der Waals surface area contributed by atoms with Gasteiger partial charge in [0.25, 0.3) is 0 Å². The van der Waals surface area contributed by atoms with Crippen LogP contribution < -0.4 is 5.32 Å². The van der Waals surface area contributed by atoms with Crippen LogP contribution >= 0.6 is 0 Å². The van der Waals surface area contributed by atoms with Crippen LogP contribution in [-0.4, -0.2) is 5.91 Å². The zero-order valence-corrected chi connectivity index (χ0v) is 11.7. The van der Waals surface area contributed by atoms with Gasteiger partial charge in [0, 0.05) is 5.69 Å². The average molecular weight is 311 g/mol. The molecule has 22 heavy (non-hydrogen) atoms. The SMILES string of the molecule is Cc1ccc(NC(=O)Cc2ccc(C(F)(F)F)cc2)cc1F. The lowest BCUT2D eigenvalue weighted by Gasteiger charge is -2.08. The number of rotatable bonds is 3. The van der Waals surface area contributed by atoms with E-state index in [9.17, 15) is 22.4 Å². The van der Waals surface area contributed by atoms with Gasteiger partial charge < -0.3 is 5.32 Å². The highest BCUT2D eigenvalue weighted by molar-refractivity contribution is 5.92. The van der Waals surface area contributed by atoms with E-state index in [1.807, 2.05) is 0 Å². The van der Waals surface area contributed by atoms with Crippen molar-refractivity contribution < 1.29 is 22.4 Å². The Bertz CT molecular complexity index is 678. The highest BCUT2D eigenvalue weighted by Crippen LogP contribution is 2.29. The summed E-state index contributed by atoms with van der Waals surface area (Å²) in [6.45, 7) is 1.60. The summed E-state index contributed by atoms with van der Waals surface area (Å²) in [6, 6.07) is 8.63. The average Bonchev–Trinajstić information content (AvgIpc) is 2.42. The molecule has 0 radical (unpaired) electrons. The molecule has 6 heteroatoms. The van der Waals surface area contributed by atoms with Crippen LogP contribution in [0.4, 0.5) is 23.2 Å². The second-order valence-electron chi connectivity index (χ2n) is 4.88. The summed E-state index contributed by atoms with van der Waals surface area (Å²) >= 11 is 0. The van der Waals surface area contributed by atoms with E-state index in [0.29, 0.717) is 16.8 Å². The van der Waals surface area contributed by atoms with Crippen molar-refractivity contribution >= 4 is 11.6 Å². The smallest absolute Gasteiger partial charge is 0.326 e. The quantitative estimate of drug-likeness (QED) is 0.840. The summed E-state index contributed by atoms with van der Waals surface area (Å²) < 4.78 is 50.6. The van der Waals surface area contributed by atoms with Gasteiger partial charge in [-0.15, -0.1) is 0 Å². The third-order valence-corrected chi connectivity index (χ3v) is 3.10. The minimum atomic E-state index is -4.40. The summed E-state index contributed by atoms with van der Waals surface area (Å²) in [5, 5.41) is 2.50. The Morgan fingerprint density at radius 2 is 1.73 bits per heavy atom. The van der Waals surface area contributed by atoms with Gasteiger partial charge in [0.2, 0.25) is 5.91 Å². The number of aryl methyl sites for hydroxylation is 1. The van der Waals surface area contributed by atoms with Crippen LogP contribution in [0.3, 0.4) is 0 Å². The van der Waals surface area contributed by atoms with Crippen molar-refractivity contribution in [3.63, 3.8) is 0 Å². The first kappa shape index (κ1) is 16.0. The third kappa shape index (κ3) is 4.07. The molecule has 2 rings (SSSR count). The molecule has 1 amide bonds. The van der Waals surface area contributed by atoms with Crippen molar-refractivity contribution in [2.75, 3.05) is 5.32 Å². The second kappa shape index (κ2) is 6.17. The van der Waals surface area contributed by atoms with Crippen molar-refractivity contribution in [1.29, 1.82) is 0 Å². The Morgan fingerprint density at radius 1 is 1.09 bits per heavy atom. The Morgan fingerprint density at radius 3 is 2.27 bits per heavy atom. The highest BCUT2D eigenvalue weighted by atomic mass is 19.4. The van der Waals surface area contributed by atoms with Crippen molar-refractivity contribution in [1.82, 2.24) is 0 Å². The Kier molecular flexibility index (Phi) is 4.49. The maximum atomic E-state index is 13.4. The van der Waals surface area contributed by atoms with Gasteiger partial charge in [-0.25, -0.2) is 4.39 Å². The predicted octanol–water partition coefficient (Wildman–Crippen LogP) is 4.33. The number of carbonyl (C=O) groups is 1. The predicted molar refractivity (Wildman–Crippen MR) is 74.9 cm³/mol. The van der Waals surface area contributed by atoms with Crippen LogP contribution in [-0.2, 0) is 17.4 Å². The summed E-state index contributed by atoms with van der Waals surface area (Å²) in [4.78, 5) is 11.8. The lowest BCUT2D eigenvalue weighted by atomic mass is 10.1. The number of anilines is 1. The number of nitrogens with one attached hydrogen (secondary N) is 1. The molecule has 0 fully saturated rings. The molecule has 2 aromatic carbocycles. The summed E-state index contributed by atoms with van der Waals surface area (Å²) in [6.07, 6.45) is -4.49. The van der Waals surface area contributed by atoms with E-state index < -0.39 is 23.5 Å². The van der Waals surface area contributed by atoms with Crippen molar-refractivity contribution in [2.24, 2.45) is 0 Å². The molecule has 0 aliphatic heterocycles. The molecular weight excluding hydrogens is 298 g/mol. The largest absolute Gasteiger partial charge is 0.416 e. The molecule has 0 spiro atoms. The molecule has 1 N–H and O–H groups in total. The molecule has 0 aliphatic carbocycles. The molecule has 2 nitrogen and oxygen atoms in total. The topological polar surface area (TPSA) is 29.1 Å². The molecule has 0 saturated heterocycles. The molecule has 0 saturated carbocycles.